The van der Waals surface area contributed by atoms with Crippen LogP contribution in [0.5, 0.6) is 5.75 Å². The number of hydrogen-bond donors (Lipinski definition) is 0. The average Bonchev–Trinajstić information content (AvgIpc) is 2.80. The van der Waals surface area contributed by atoms with Crippen LogP contribution in [0.3, 0.4) is 0 Å². The molecule has 20 heavy (non-hydrogen) atoms. The molecular weight excluding hydrogens is 288 g/mol. The maximum absolute atomic E-state index is 12.4. The molecule has 1 heterocycles. The van der Waals surface area contributed by atoms with Crippen LogP contribution in [0.15, 0.2) is 24.3 Å². The van der Waals surface area contributed by atoms with Gasteiger partial charge in [0.25, 0.3) is 0 Å². The highest BCUT2D eigenvalue weighted by molar-refractivity contribution is 7.15. The van der Waals surface area contributed by atoms with Gasteiger partial charge in [-0.2, -0.15) is 8.78 Å². The highest BCUT2D eigenvalue weighted by Crippen LogP contribution is 2.35. The van der Waals surface area contributed by atoms with Gasteiger partial charge in [-0.15, -0.1) is 11.3 Å². The van der Waals surface area contributed by atoms with Crippen LogP contribution < -0.4 is 4.74 Å². The van der Waals surface area contributed by atoms with Gasteiger partial charge in [-0.1, -0.05) is 12.1 Å². The number of carbonyl (C=O) groups excluding carboxylic acids is 1. The van der Waals surface area contributed by atoms with Gasteiger partial charge >= 0.3 is 12.6 Å². The number of methoxy groups -OCH3 is 1. The molecule has 106 valence electrons. The normalized spacial score (nSPS) is 10.7. The molecule has 4 nitrogen and oxygen atoms in total. The Morgan fingerprint density at radius 1 is 1.35 bits per heavy atom. The number of hydrogen-bond acceptors (Lipinski definition) is 5. The number of nitrogens with zero attached hydrogens (tertiary/aromatic N) is 1. The average molecular weight is 299 g/mol. The van der Waals surface area contributed by atoms with Gasteiger partial charge in [-0.3, -0.25) is 0 Å². The van der Waals surface area contributed by atoms with Crippen molar-refractivity contribution >= 4 is 17.3 Å². The van der Waals surface area contributed by atoms with Crippen molar-refractivity contribution in [3.63, 3.8) is 0 Å². The summed E-state index contributed by atoms with van der Waals surface area (Å²) in [7, 11) is 1.26. The Labute approximate surface area is 118 Å². The monoisotopic (exact) mass is 299 g/mol. The Morgan fingerprint density at radius 3 is 2.70 bits per heavy atom. The second-order valence-electron chi connectivity index (χ2n) is 3.79. The van der Waals surface area contributed by atoms with Crippen LogP contribution in [-0.2, 0) is 4.74 Å². The predicted octanol–water partition coefficient (Wildman–Crippen LogP) is 3.51. The lowest BCUT2D eigenvalue weighted by atomic mass is 10.2. The number of halogens is 2. The summed E-state index contributed by atoms with van der Waals surface area (Å²) >= 11 is 1.22. The third-order valence-electron chi connectivity index (χ3n) is 2.51. The Bertz CT molecular complexity index is 628. The number of thiazole rings is 1. The number of aryl methyl sites for hydroxylation is 1. The van der Waals surface area contributed by atoms with Gasteiger partial charge in [0, 0.05) is 4.88 Å². The highest BCUT2D eigenvalue weighted by Gasteiger charge is 2.19. The van der Waals surface area contributed by atoms with Crippen LogP contribution in [0.25, 0.3) is 10.6 Å². The predicted molar refractivity (Wildman–Crippen MR) is 70.3 cm³/mol. The van der Waals surface area contributed by atoms with E-state index in [2.05, 4.69) is 14.5 Å². The van der Waals surface area contributed by atoms with Crippen LogP contribution >= 0.6 is 11.3 Å². The van der Waals surface area contributed by atoms with Crippen LogP contribution in [0, 0.1) is 6.92 Å². The minimum Gasteiger partial charge on any atom is -0.464 e. The van der Waals surface area contributed by atoms with Gasteiger partial charge in [0.1, 0.15) is 10.8 Å². The van der Waals surface area contributed by atoms with Gasteiger partial charge < -0.3 is 9.47 Å². The third-order valence-corrected chi connectivity index (χ3v) is 3.51. The molecule has 7 heteroatoms. The van der Waals surface area contributed by atoms with Crippen molar-refractivity contribution in [2.24, 2.45) is 0 Å². The van der Waals surface area contributed by atoms with Crippen molar-refractivity contribution in [2.75, 3.05) is 7.11 Å². The molecule has 0 saturated carbocycles. The van der Waals surface area contributed by atoms with Gasteiger partial charge in [-0.25, -0.2) is 9.78 Å². The van der Waals surface area contributed by atoms with E-state index in [0.29, 0.717) is 15.4 Å². The lowest BCUT2D eigenvalue weighted by Crippen LogP contribution is -2.04. The van der Waals surface area contributed by atoms with Gasteiger partial charge in [-0.05, 0) is 19.1 Å². The molecule has 0 bridgehead atoms. The van der Waals surface area contributed by atoms with Crippen molar-refractivity contribution in [3.8, 4) is 16.3 Å². The summed E-state index contributed by atoms with van der Waals surface area (Å²) in [4.78, 5) is 16.3. The molecule has 2 aromatic rings. The number of benzene rings is 1. The van der Waals surface area contributed by atoms with Crippen molar-refractivity contribution in [3.05, 3.63) is 34.8 Å². The molecule has 0 spiro atoms. The topological polar surface area (TPSA) is 48.4 Å². The van der Waals surface area contributed by atoms with E-state index in [0.717, 1.165) is 0 Å². The van der Waals surface area contributed by atoms with E-state index in [4.69, 9.17) is 0 Å². The first-order valence-electron chi connectivity index (χ1n) is 5.63. The van der Waals surface area contributed by atoms with Crippen molar-refractivity contribution in [1.29, 1.82) is 0 Å². The number of aromatic nitrogens is 1. The number of esters is 1. The second kappa shape index (κ2) is 5.96. The Hall–Kier alpha value is -2.02. The summed E-state index contributed by atoms with van der Waals surface area (Å²) in [5.41, 5.74) is 0.593. The number of rotatable bonds is 4. The Morgan fingerprint density at radius 2 is 2.05 bits per heavy atom. The molecule has 0 N–H and O–H groups in total. The Balaban J connectivity index is 2.44. The smallest absolute Gasteiger partial charge is 0.387 e. The van der Waals surface area contributed by atoms with Crippen molar-refractivity contribution in [2.45, 2.75) is 13.5 Å². The molecule has 0 atom stereocenters. The summed E-state index contributed by atoms with van der Waals surface area (Å²) in [5.74, 6) is -0.537. The number of carbonyl (C=O) groups is 1. The van der Waals surface area contributed by atoms with Gasteiger partial charge in [0.05, 0.1) is 12.7 Å². The molecular formula is C13H11F2NO3S. The van der Waals surface area contributed by atoms with Crippen LogP contribution in [0.1, 0.15) is 15.4 Å². The highest BCUT2D eigenvalue weighted by atomic mass is 32.1. The third kappa shape index (κ3) is 2.93. The molecule has 1 aromatic carbocycles. The number of ether oxygens (including phenoxy) is 2. The summed E-state index contributed by atoms with van der Waals surface area (Å²) in [6.07, 6.45) is 0. The van der Waals surface area contributed by atoms with E-state index >= 15 is 0 Å². The maximum atomic E-state index is 12.4. The summed E-state index contributed by atoms with van der Waals surface area (Å²) in [5, 5.41) is 0.430. The van der Waals surface area contributed by atoms with E-state index in [1.807, 2.05) is 0 Å². The maximum Gasteiger partial charge on any atom is 0.387 e. The largest absolute Gasteiger partial charge is 0.464 e. The summed E-state index contributed by atoms with van der Waals surface area (Å²) < 4.78 is 33.8. The van der Waals surface area contributed by atoms with Crippen molar-refractivity contribution < 1.29 is 23.0 Å². The molecule has 0 unspecified atom stereocenters. The fraction of sp³-hybridized carbons (Fsp3) is 0.231. The molecule has 0 radical (unpaired) electrons. The molecule has 0 aliphatic carbocycles. The zero-order valence-electron chi connectivity index (χ0n) is 10.7. The first-order chi connectivity index (χ1) is 9.52. The molecule has 0 saturated heterocycles. The standard InChI is InChI=1S/C13H11F2NO3S/c1-7-10(12(17)18-2)16-11(20-7)8-5-3-4-6-9(8)19-13(14)15/h3-6,13H,1-2H3. The zero-order valence-corrected chi connectivity index (χ0v) is 11.5. The quantitative estimate of drug-likeness (QED) is 0.811. The van der Waals surface area contributed by atoms with Gasteiger partial charge in [0.2, 0.25) is 0 Å². The number of para-hydroxylation sites is 1. The minimum absolute atomic E-state index is 0.0210. The van der Waals surface area contributed by atoms with Crippen LogP contribution in [0.4, 0.5) is 8.78 Å². The zero-order chi connectivity index (χ0) is 14.7. The fourth-order valence-electron chi connectivity index (χ4n) is 1.64. The van der Waals surface area contributed by atoms with E-state index < -0.39 is 12.6 Å². The van der Waals surface area contributed by atoms with E-state index in [-0.39, 0.29) is 11.4 Å². The van der Waals surface area contributed by atoms with Crippen molar-refractivity contribution in [1.82, 2.24) is 4.98 Å². The van der Waals surface area contributed by atoms with E-state index in [1.54, 1.807) is 25.1 Å². The van der Waals surface area contributed by atoms with E-state index in [1.165, 1.54) is 24.5 Å². The van der Waals surface area contributed by atoms with Crippen LogP contribution in [0.2, 0.25) is 0 Å². The lowest BCUT2D eigenvalue weighted by Gasteiger charge is -2.08. The van der Waals surface area contributed by atoms with E-state index in [9.17, 15) is 13.6 Å². The minimum atomic E-state index is -2.92. The molecule has 0 aliphatic heterocycles. The first kappa shape index (κ1) is 14.4. The summed E-state index contributed by atoms with van der Waals surface area (Å²) in [6.45, 7) is -1.21. The van der Waals surface area contributed by atoms with Crippen LogP contribution in [-0.4, -0.2) is 24.7 Å². The fourth-order valence-corrected chi connectivity index (χ4v) is 2.57. The second-order valence-corrected chi connectivity index (χ2v) is 4.99. The van der Waals surface area contributed by atoms with Gasteiger partial charge in [0.15, 0.2) is 5.69 Å². The Kier molecular flexibility index (Phi) is 4.29. The molecule has 0 fully saturated rings. The molecule has 0 aliphatic rings. The molecule has 2 rings (SSSR count). The lowest BCUT2D eigenvalue weighted by molar-refractivity contribution is -0.0494. The molecule has 1 aromatic heterocycles. The summed E-state index contributed by atoms with van der Waals surface area (Å²) in [6, 6.07) is 6.30. The first-order valence-corrected chi connectivity index (χ1v) is 6.44. The SMILES string of the molecule is COC(=O)c1nc(-c2ccccc2OC(F)F)sc1C. The number of alkyl halides is 2. The molecule has 0 amide bonds.